The third kappa shape index (κ3) is 21.1. The number of amides is 6. The van der Waals surface area contributed by atoms with Gasteiger partial charge in [0.05, 0.1) is 13.1 Å². The molecular formula is C28H49N9O10S2. The van der Waals surface area contributed by atoms with Gasteiger partial charge in [-0.15, -0.1) is 0 Å². The lowest BCUT2D eigenvalue weighted by molar-refractivity contribution is -0.140. The van der Waals surface area contributed by atoms with Gasteiger partial charge in [0.1, 0.15) is 24.2 Å². The number of carboxylic acid groups (broad SMARTS) is 2. The fourth-order valence-corrected chi connectivity index (χ4v) is 6.33. The number of aliphatic carboxylic acids is 2. The van der Waals surface area contributed by atoms with Gasteiger partial charge in [-0.1, -0.05) is 28.0 Å². The zero-order valence-corrected chi connectivity index (χ0v) is 28.9. The van der Waals surface area contributed by atoms with Crippen LogP contribution in [-0.2, 0) is 38.4 Å². The highest BCUT2D eigenvalue weighted by Crippen LogP contribution is 2.23. The van der Waals surface area contributed by atoms with E-state index >= 15 is 0 Å². The maximum absolute atomic E-state index is 13.0. The first-order valence-corrected chi connectivity index (χ1v) is 18.4. The van der Waals surface area contributed by atoms with Crippen molar-refractivity contribution >= 4 is 69.0 Å². The number of nitrogens with two attached hydrogens (primary N) is 2. The Morgan fingerprint density at radius 1 is 0.653 bits per heavy atom. The van der Waals surface area contributed by atoms with Crippen molar-refractivity contribution in [3.63, 3.8) is 0 Å². The van der Waals surface area contributed by atoms with Crippen LogP contribution < -0.4 is 48.7 Å². The summed E-state index contributed by atoms with van der Waals surface area (Å²) in [5.74, 6) is -6.20. The SMILES string of the molecule is N[C@@H](CCC(=O)N[C@H]1CSSC[C@H](NC(=O)CC[C@H](N)C(=O)O)C(=O)NCC(=O)NCCCNCCCCCNC(=O)CNC1=O)C(=O)O. The molecule has 13 N–H and O–H groups in total. The van der Waals surface area contributed by atoms with E-state index in [4.69, 9.17) is 21.7 Å². The molecule has 1 rings (SSSR count). The molecule has 278 valence electrons. The number of hydrogen-bond donors (Lipinski definition) is 11. The van der Waals surface area contributed by atoms with Crippen molar-refractivity contribution in [2.45, 2.75) is 75.5 Å². The van der Waals surface area contributed by atoms with Crippen molar-refractivity contribution in [3.05, 3.63) is 0 Å². The highest BCUT2D eigenvalue weighted by Gasteiger charge is 2.25. The van der Waals surface area contributed by atoms with Crippen molar-refractivity contribution in [1.82, 2.24) is 37.2 Å². The normalized spacial score (nSPS) is 21.5. The fourth-order valence-electron chi connectivity index (χ4n) is 4.00. The van der Waals surface area contributed by atoms with Gasteiger partial charge in [-0.3, -0.25) is 38.4 Å². The number of hydrogen-bond acceptors (Lipinski definition) is 13. The molecule has 4 atom stereocenters. The first-order chi connectivity index (χ1) is 23.3. The lowest BCUT2D eigenvalue weighted by Crippen LogP contribution is -2.51. The van der Waals surface area contributed by atoms with Crippen LogP contribution in [0.15, 0.2) is 0 Å². The molecule has 0 spiro atoms. The van der Waals surface area contributed by atoms with E-state index in [1.54, 1.807) is 0 Å². The molecule has 0 bridgehead atoms. The second-order valence-corrected chi connectivity index (χ2v) is 13.6. The molecule has 1 heterocycles. The van der Waals surface area contributed by atoms with Gasteiger partial charge < -0.3 is 58.9 Å². The maximum Gasteiger partial charge on any atom is 0.320 e. The average molecular weight is 736 g/mol. The van der Waals surface area contributed by atoms with Crippen LogP contribution in [-0.4, -0.2) is 133 Å². The maximum atomic E-state index is 13.0. The Labute approximate surface area is 292 Å². The van der Waals surface area contributed by atoms with Crippen molar-refractivity contribution in [3.8, 4) is 0 Å². The van der Waals surface area contributed by atoms with E-state index in [0.29, 0.717) is 26.1 Å². The Kier molecular flexibility index (Phi) is 22.4. The van der Waals surface area contributed by atoms with E-state index in [1.807, 2.05) is 0 Å². The van der Waals surface area contributed by atoms with E-state index < -0.39 is 71.5 Å². The molecule has 1 saturated heterocycles. The number of carboxylic acids is 2. The largest absolute Gasteiger partial charge is 0.480 e. The van der Waals surface area contributed by atoms with Crippen LogP contribution in [0.25, 0.3) is 0 Å². The Morgan fingerprint density at radius 2 is 1.06 bits per heavy atom. The van der Waals surface area contributed by atoms with Crippen LogP contribution in [0.3, 0.4) is 0 Å². The summed E-state index contributed by atoms with van der Waals surface area (Å²) >= 11 is 0. The summed E-state index contributed by atoms with van der Waals surface area (Å²) < 4.78 is 0. The fraction of sp³-hybridized carbons (Fsp3) is 0.714. The zero-order valence-electron chi connectivity index (χ0n) is 27.3. The molecule has 0 aromatic carbocycles. The minimum absolute atomic E-state index is 0.0545. The van der Waals surface area contributed by atoms with Crippen LogP contribution in [0.4, 0.5) is 0 Å². The third-order valence-corrected chi connectivity index (χ3v) is 9.33. The summed E-state index contributed by atoms with van der Waals surface area (Å²) in [6.45, 7) is 1.49. The molecule has 0 saturated carbocycles. The lowest BCUT2D eigenvalue weighted by Gasteiger charge is -2.20. The van der Waals surface area contributed by atoms with Gasteiger partial charge in [0, 0.05) is 37.4 Å². The first-order valence-electron chi connectivity index (χ1n) is 15.9. The van der Waals surface area contributed by atoms with Gasteiger partial charge in [-0.2, -0.15) is 0 Å². The summed E-state index contributed by atoms with van der Waals surface area (Å²) in [5.41, 5.74) is 10.9. The number of carbonyl (C=O) groups is 8. The summed E-state index contributed by atoms with van der Waals surface area (Å²) in [7, 11) is 2.12. The summed E-state index contributed by atoms with van der Waals surface area (Å²) in [4.78, 5) is 97.6. The Bertz CT molecular complexity index is 1050. The Morgan fingerprint density at radius 3 is 1.51 bits per heavy atom. The molecule has 0 aliphatic carbocycles. The molecule has 0 aromatic rings. The number of carbonyl (C=O) groups excluding carboxylic acids is 6. The van der Waals surface area contributed by atoms with Crippen LogP contribution in [0.5, 0.6) is 0 Å². The van der Waals surface area contributed by atoms with Crippen molar-refractivity contribution in [1.29, 1.82) is 0 Å². The minimum atomic E-state index is -1.29. The highest BCUT2D eigenvalue weighted by molar-refractivity contribution is 8.76. The second kappa shape index (κ2) is 25.3. The number of nitrogens with one attached hydrogen (secondary N) is 7. The van der Waals surface area contributed by atoms with Gasteiger partial charge >= 0.3 is 11.9 Å². The molecule has 0 unspecified atom stereocenters. The van der Waals surface area contributed by atoms with Crippen molar-refractivity contribution in [2.24, 2.45) is 11.5 Å². The lowest BCUT2D eigenvalue weighted by atomic mass is 10.1. The van der Waals surface area contributed by atoms with E-state index in [2.05, 4.69) is 37.2 Å². The smallest absolute Gasteiger partial charge is 0.320 e. The molecule has 1 aliphatic heterocycles. The topological polar surface area (TPSA) is 313 Å². The molecule has 49 heavy (non-hydrogen) atoms. The van der Waals surface area contributed by atoms with Gasteiger partial charge in [-0.05, 0) is 45.2 Å². The van der Waals surface area contributed by atoms with E-state index in [1.165, 1.54) is 0 Å². The Hall–Kier alpha value is -3.66. The van der Waals surface area contributed by atoms with E-state index in [9.17, 15) is 38.4 Å². The summed E-state index contributed by atoms with van der Waals surface area (Å²) in [6, 6.07) is -4.89. The molecule has 1 aliphatic rings. The van der Waals surface area contributed by atoms with Crippen LogP contribution in [0, 0.1) is 0 Å². The Balaban J connectivity index is 2.99. The second-order valence-electron chi connectivity index (χ2n) is 11.1. The van der Waals surface area contributed by atoms with Crippen LogP contribution >= 0.6 is 21.6 Å². The zero-order chi connectivity index (χ0) is 36.6. The minimum Gasteiger partial charge on any atom is -0.480 e. The van der Waals surface area contributed by atoms with Gasteiger partial charge in [0.25, 0.3) is 0 Å². The molecule has 19 nitrogen and oxygen atoms in total. The van der Waals surface area contributed by atoms with Gasteiger partial charge in [-0.25, -0.2) is 0 Å². The van der Waals surface area contributed by atoms with E-state index in [0.717, 1.165) is 47.4 Å². The summed E-state index contributed by atoms with van der Waals surface area (Å²) in [6.07, 6.45) is 2.18. The van der Waals surface area contributed by atoms with Gasteiger partial charge in [0.15, 0.2) is 0 Å². The molecular weight excluding hydrogens is 686 g/mol. The highest BCUT2D eigenvalue weighted by atomic mass is 33.1. The molecule has 21 heteroatoms. The molecule has 0 aromatic heterocycles. The predicted molar refractivity (Wildman–Crippen MR) is 182 cm³/mol. The quantitative estimate of drug-likeness (QED) is 0.0964. The monoisotopic (exact) mass is 735 g/mol. The molecule has 1 fully saturated rings. The van der Waals surface area contributed by atoms with Crippen LogP contribution in [0.2, 0.25) is 0 Å². The number of rotatable bonds is 10. The molecule has 6 amide bonds. The van der Waals surface area contributed by atoms with E-state index in [-0.39, 0.29) is 50.3 Å². The van der Waals surface area contributed by atoms with Crippen LogP contribution in [0.1, 0.15) is 51.4 Å². The van der Waals surface area contributed by atoms with Crippen molar-refractivity contribution < 1.29 is 48.6 Å². The molecule has 0 radical (unpaired) electrons. The standard InChI is InChI=1S/C28H49N9O10S2/c29-17(27(44)45)5-7-21(38)36-19-15-48-49-16-20(37-22(39)8-6-18(30)28(46)47)26(43)35-14-24(41)33-12-4-10-31-9-2-1-3-11-32-23(40)13-34-25(19)42/h17-20,31H,1-16,29-30H2,(H,32,40)(H,33,41)(H,34,42)(H,35,43)(H,36,38)(H,37,39)(H,44,45)(H,46,47)/t17-,18-,19-,20-/m0/s1. The predicted octanol–water partition coefficient (Wildman–Crippen LogP) is -3.65. The first kappa shape index (κ1) is 43.4. The summed E-state index contributed by atoms with van der Waals surface area (Å²) in [5, 5.41) is 36.6. The third-order valence-electron chi connectivity index (χ3n) is 6.91. The average Bonchev–Trinajstić information content (AvgIpc) is 3.06. The van der Waals surface area contributed by atoms with Gasteiger partial charge in [0.2, 0.25) is 35.4 Å². The van der Waals surface area contributed by atoms with Crippen molar-refractivity contribution in [2.75, 3.05) is 50.8 Å².